The number of nitrogens with zero attached hydrogens (tertiary/aromatic N) is 5. The molecule has 5 rings (SSSR count). The van der Waals surface area contributed by atoms with Gasteiger partial charge in [-0.3, -0.25) is 0 Å². The van der Waals surface area contributed by atoms with Crippen LogP contribution >= 0.6 is 0 Å². The van der Waals surface area contributed by atoms with Gasteiger partial charge >= 0.3 is 11.3 Å². The number of aromatic nitrogens is 1. The van der Waals surface area contributed by atoms with E-state index >= 15 is 0 Å². The number of hydrogen-bond acceptors (Lipinski definition) is 4. The molecule has 3 aromatic rings. The van der Waals surface area contributed by atoms with E-state index < -0.39 is 0 Å². The molecule has 0 aliphatic carbocycles. The van der Waals surface area contributed by atoms with Crippen LogP contribution in [0.5, 0.6) is 0 Å². The van der Waals surface area contributed by atoms with E-state index in [0.29, 0.717) is 0 Å². The van der Waals surface area contributed by atoms with E-state index in [1.54, 1.807) is 0 Å². The number of hydrogen-bond donors (Lipinski definition) is 0. The van der Waals surface area contributed by atoms with Crippen molar-refractivity contribution >= 4 is 33.2 Å². The normalized spacial score (nSPS) is 15.6. The average Bonchev–Trinajstić information content (AvgIpc) is 3.50. The summed E-state index contributed by atoms with van der Waals surface area (Å²) in [7, 11) is 4.22. The zero-order valence-electron chi connectivity index (χ0n) is 22.5. The van der Waals surface area contributed by atoms with Gasteiger partial charge in [0, 0.05) is 69.7 Å². The van der Waals surface area contributed by atoms with Crippen LogP contribution in [0.4, 0.5) is 11.4 Å². The van der Waals surface area contributed by atoms with Gasteiger partial charge < -0.3 is 24.6 Å². The molecule has 1 aromatic heterocycles. The minimum absolute atomic E-state index is 0. The fraction of sp³-hybridized carbons (Fsp3) is 0.414. The third-order valence-electron chi connectivity index (χ3n) is 6.80. The van der Waals surface area contributed by atoms with Crippen molar-refractivity contribution in [1.82, 2.24) is 14.8 Å². The Balaban J connectivity index is 0.00000117. The van der Waals surface area contributed by atoms with Crippen molar-refractivity contribution in [1.29, 1.82) is 0 Å². The van der Waals surface area contributed by atoms with Crippen LogP contribution < -0.4 is 14.8 Å². The molecule has 0 spiro atoms. The number of benzene rings is 2. The van der Waals surface area contributed by atoms with Gasteiger partial charge in [-0.25, -0.2) is 0 Å². The zero-order chi connectivity index (χ0) is 25.7. The van der Waals surface area contributed by atoms with E-state index in [1.165, 1.54) is 33.3 Å². The fourth-order valence-electron chi connectivity index (χ4n) is 4.67. The van der Waals surface area contributed by atoms with Crippen molar-refractivity contribution in [2.75, 3.05) is 37.2 Å². The molecule has 193 valence electrons. The van der Waals surface area contributed by atoms with Crippen LogP contribution in [0.25, 0.3) is 21.8 Å². The van der Waals surface area contributed by atoms with Gasteiger partial charge in [-0.05, 0) is 44.9 Å². The van der Waals surface area contributed by atoms with Crippen LogP contribution in [-0.4, -0.2) is 37.2 Å². The second-order valence-electron chi connectivity index (χ2n) is 11.7. The maximum absolute atomic E-state index is 7.50. The molecular formula is C29H36N5ORh-. The summed E-state index contributed by atoms with van der Waals surface area (Å²) in [5.74, 6) is 0. The molecule has 0 saturated carbocycles. The van der Waals surface area contributed by atoms with Crippen LogP contribution in [0, 0.1) is 6.65 Å². The second kappa shape index (κ2) is 9.97. The zero-order valence-corrected chi connectivity index (χ0v) is 24.1. The van der Waals surface area contributed by atoms with Crippen molar-refractivity contribution in [3.8, 4) is 0 Å². The second-order valence-corrected chi connectivity index (χ2v) is 11.7. The molecule has 0 amide bonds. The van der Waals surface area contributed by atoms with Crippen LogP contribution in [-0.2, 0) is 35.0 Å². The van der Waals surface area contributed by atoms with Crippen LogP contribution in [0.15, 0.2) is 49.1 Å². The van der Waals surface area contributed by atoms with E-state index in [1.807, 2.05) is 0 Å². The number of anilines is 2. The Morgan fingerprint density at radius 1 is 0.667 bits per heavy atom. The topological polar surface area (TPSA) is 47.0 Å². The molecular weight excluding hydrogens is 537 g/mol. The van der Waals surface area contributed by atoms with Crippen molar-refractivity contribution < 1.29 is 24.1 Å². The van der Waals surface area contributed by atoms with Gasteiger partial charge in [-0.1, -0.05) is 53.7 Å². The Bertz CT molecular complexity index is 1240. The first kappa shape index (κ1) is 27.9. The fourth-order valence-corrected chi connectivity index (χ4v) is 4.67. The molecule has 3 heterocycles. The maximum atomic E-state index is 7.50. The standard InChI is InChI=1S/C28H36N5.CO.Rh/c1-27(2,3)19-13-21-22-14-20(28(4,5)6)16-24(33-12-10-31(8)18-33)26(22)29-25(21)23(15-19)32-11-9-30(7)17-32;1-2;/h9-16H,17-18H2,1-8H3;;/q-1;;. The molecule has 0 fully saturated rings. The molecule has 0 N–H and O–H groups in total. The molecule has 7 heteroatoms. The molecule has 2 aliphatic rings. The van der Waals surface area contributed by atoms with Gasteiger partial charge in [0.05, 0.1) is 13.3 Å². The Morgan fingerprint density at radius 3 is 1.31 bits per heavy atom. The SMILES string of the molecule is CN1C=CN(c2cc(C(C)(C)C)cc3c2[n-]c2c(N4C=CN(C)C4)cc(C(C)(C)C)cc23)C1.[C-]#[O+].[Rh]. The van der Waals surface area contributed by atoms with Gasteiger partial charge in [-0.15, -0.1) is 11.0 Å². The molecule has 36 heavy (non-hydrogen) atoms. The number of rotatable bonds is 2. The summed E-state index contributed by atoms with van der Waals surface area (Å²) in [4.78, 5) is 14.3. The summed E-state index contributed by atoms with van der Waals surface area (Å²) in [6.07, 6.45) is 8.60. The smallest absolute Gasteiger partial charge is 0 e. The van der Waals surface area contributed by atoms with Crippen LogP contribution in [0.2, 0.25) is 0 Å². The first-order valence-corrected chi connectivity index (χ1v) is 12.0. The Labute approximate surface area is 228 Å². The quantitative estimate of drug-likeness (QED) is 0.218. The summed E-state index contributed by atoms with van der Waals surface area (Å²) in [6.45, 7) is 19.9. The minimum atomic E-state index is 0. The van der Waals surface area contributed by atoms with Gasteiger partial charge in [0.25, 0.3) is 0 Å². The van der Waals surface area contributed by atoms with E-state index in [-0.39, 0.29) is 30.3 Å². The molecule has 0 unspecified atom stereocenters. The summed E-state index contributed by atoms with van der Waals surface area (Å²) in [5, 5.41) is 2.50. The predicted molar refractivity (Wildman–Crippen MR) is 145 cm³/mol. The Morgan fingerprint density at radius 2 is 1.03 bits per heavy atom. The largest absolute Gasteiger partial charge is 0 e. The first-order chi connectivity index (χ1) is 16.4. The van der Waals surface area contributed by atoms with E-state index in [0.717, 1.165) is 24.4 Å². The van der Waals surface area contributed by atoms with Crippen molar-refractivity contribution in [3.63, 3.8) is 0 Å². The Hall–Kier alpha value is -2.72. The molecule has 0 atom stereocenters. The Kier molecular flexibility index (Phi) is 7.72. The van der Waals surface area contributed by atoms with Gasteiger partial charge in [0.15, 0.2) is 0 Å². The first-order valence-electron chi connectivity index (χ1n) is 12.0. The van der Waals surface area contributed by atoms with Gasteiger partial charge in [-0.2, -0.15) is 0 Å². The van der Waals surface area contributed by atoms with E-state index in [4.69, 9.17) is 9.64 Å². The minimum Gasteiger partial charge on any atom is 0 e. The third kappa shape index (κ3) is 5.06. The van der Waals surface area contributed by atoms with Crippen LogP contribution in [0.3, 0.4) is 0 Å². The van der Waals surface area contributed by atoms with Crippen molar-refractivity contribution in [3.05, 3.63) is 66.8 Å². The summed E-state index contributed by atoms with van der Waals surface area (Å²) in [5.41, 5.74) is 7.32. The van der Waals surface area contributed by atoms with Crippen molar-refractivity contribution in [2.24, 2.45) is 0 Å². The summed E-state index contributed by atoms with van der Waals surface area (Å²) in [6, 6.07) is 9.43. The molecule has 6 nitrogen and oxygen atoms in total. The monoisotopic (exact) mass is 573 g/mol. The van der Waals surface area contributed by atoms with Crippen LogP contribution in [0.1, 0.15) is 52.7 Å². The average molecular weight is 574 g/mol. The molecule has 1 radical (unpaired) electrons. The molecule has 2 aromatic carbocycles. The van der Waals surface area contributed by atoms with E-state index in [2.05, 4.69) is 131 Å². The van der Waals surface area contributed by atoms with Gasteiger partial charge in [0.1, 0.15) is 0 Å². The molecule has 0 saturated heterocycles. The van der Waals surface area contributed by atoms with E-state index in [9.17, 15) is 0 Å². The van der Waals surface area contributed by atoms with Crippen molar-refractivity contribution in [2.45, 2.75) is 52.4 Å². The molecule has 2 aliphatic heterocycles. The predicted octanol–water partition coefficient (Wildman–Crippen LogP) is 5.87. The van der Waals surface area contributed by atoms with Gasteiger partial charge in [0.2, 0.25) is 0 Å². The third-order valence-corrected chi connectivity index (χ3v) is 6.80. The summed E-state index contributed by atoms with van der Waals surface area (Å²) >= 11 is 0. The number of fused-ring (bicyclic) bond motifs is 3. The molecule has 0 bridgehead atoms. The summed E-state index contributed by atoms with van der Waals surface area (Å²) < 4.78 is 7.50. The maximum Gasteiger partial charge on any atom is 0 e.